The van der Waals surface area contributed by atoms with Gasteiger partial charge in [0, 0.05) is 40.3 Å². The molecule has 0 radical (unpaired) electrons. The minimum Gasteiger partial charge on any atom is -0.493 e. The summed E-state index contributed by atoms with van der Waals surface area (Å²) in [4.78, 5) is 13.6. The minimum absolute atomic E-state index is 0.0492. The Morgan fingerprint density at radius 3 is 2.91 bits per heavy atom. The molecule has 1 unspecified atom stereocenters. The van der Waals surface area contributed by atoms with Crippen LogP contribution in [0.25, 0.3) is 22.0 Å². The molecule has 0 spiro atoms. The van der Waals surface area contributed by atoms with Crippen molar-refractivity contribution in [3.8, 4) is 16.9 Å². The molecule has 2 aromatic heterocycles. The zero-order chi connectivity index (χ0) is 22.5. The van der Waals surface area contributed by atoms with E-state index in [0.29, 0.717) is 35.2 Å². The fourth-order valence-corrected chi connectivity index (χ4v) is 4.97. The second-order valence-corrected chi connectivity index (χ2v) is 9.23. The number of H-pyrrole nitrogens is 1. The van der Waals surface area contributed by atoms with Crippen molar-refractivity contribution in [1.29, 1.82) is 0 Å². The molecular formula is C25H22ClFN4O2. The molecule has 0 saturated carbocycles. The van der Waals surface area contributed by atoms with Gasteiger partial charge in [0.25, 0.3) is 0 Å². The van der Waals surface area contributed by atoms with E-state index in [-0.39, 0.29) is 11.7 Å². The lowest BCUT2D eigenvalue weighted by Gasteiger charge is -2.28. The summed E-state index contributed by atoms with van der Waals surface area (Å²) in [5.41, 5.74) is 3.66. The van der Waals surface area contributed by atoms with Crippen LogP contribution in [0.4, 0.5) is 4.39 Å². The van der Waals surface area contributed by atoms with Crippen LogP contribution in [0.5, 0.6) is 5.75 Å². The maximum Gasteiger partial charge on any atom is 0.216 e. The zero-order valence-electron chi connectivity index (χ0n) is 17.8. The number of Topliss-reactive ketones (excluding diaryl/α,β-unsaturated/α-hetero) is 1. The number of aromatic amines is 1. The Balaban J connectivity index is 1.39. The first-order valence-corrected chi connectivity index (χ1v) is 11.5. The summed E-state index contributed by atoms with van der Waals surface area (Å²) in [7, 11) is 0. The second kappa shape index (κ2) is 8.01. The Bertz CT molecular complexity index is 1370. The van der Waals surface area contributed by atoms with Crippen molar-refractivity contribution in [3.05, 3.63) is 70.9 Å². The van der Waals surface area contributed by atoms with Crippen LogP contribution in [0, 0.1) is 11.9 Å². The molecule has 33 heavy (non-hydrogen) atoms. The maximum absolute atomic E-state index is 14.1. The van der Waals surface area contributed by atoms with Crippen LogP contribution in [0.1, 0.15) is 22.3 Å². The van der Waals surface area contributed by atoms with E-state index in [2.05, 4.69) is 20.1 Å². The number of ketones is 1. The van der Waals surface area contributed by atoms with Crippen LogP contribution in [-0.2, 0) is 13.0 Å². The van der Waals surface area contributed by atoms with Crippen molar-refractivity contribution in [2.75, 3.05) is 13.2 Å². The molecule has 2 atom stereocenters. The number of carbonyl (C=O) groups is 1. The van der Waals surface area contributed by atoms with Gasteiger partial charge in [-0.05, 0) is 54.8 Å². The quantitative estimate of drug-likeness (QED) is 0.423. The minimum atomic E-state index is -0.471. The lowest BCUT2D eigenvalue weighted by molar-refractivity contribution is 0.0856. The third kappa shape index (κ3) is 3.61. The summed E-state index contributed by atoms with van der Waals surface area (Å²) >= 11 is 6.16. The van der Waals surface area contributed by atoms with Crippen LogP contribution >= 0.6 is 11.6 Å². The molecule has 8 heteroatoms. The average molecular weight is 465 g/mol. The number of hydrogen-bond acceptors (Lipinski definition) is 4. The van der Waals surface area contributed by atoms with E-state index in [1.807, 2.05) is 36.5 Å². The first kappa shape index (κ1) is 20.4. The summed E-state index contributed by atoms with van der Waals surface area (Å²) in [6.07, 6.45) is 5.10. The predicted molar refractivity (Wildman–Crippen MR) is 124 cm³/mol. The standard InChI is InChI=1S/C25H22ClFN4O2/c26-17-2-4-23-15(8-17)7-16(13-33-23)24(32)21-12-31(11-18-5-6-28-18)22-9-14(1-3-19(21)22)20-10-29-30-25(20)27/h1-4,8-10,12,16,18,28H,5-7,11,13H2,(H,29,30)/t16?,18-/m1/s1. The van der Waals surface area contributed by atoms with Crippen LogP contribution in [0.15, 0.2) is 48.8 Å². The number of halogens is 2. The Morgan fingerprint density at radius 1 is 1.27 bits per heavy atom. The molecule has 4 heterocycles. The monoisotopic (exact) mass is 464 g/mol. The maximum atomic E-state index is 14.1. The highest BCUT2D eigenvalue weighted by atomic mass is 35.5. The SMILES string of the molecule is O=C(c1cn(C[C@H]2CCN2)c2cc(-c3cn[nH]c3F)ccc12)C1COc2ccc(Cl)cc2C1. The van der Waals surface area contributed by atoms with Crippen LogP contribution in [0.3, 0.4) is 0 Å². The molecule has 2 aliphatic rings. The molecule has 168 valence electrons. The van der Waals surface area contributed by atoms with Crippen molar-refractivity contribution in [1.82, 2.24) is 20.1 Å². The van der Waals surface area contributed by atoms with Gasteiger partial charge in [0.05, 0.1) is 24.3 Å². The average Bonchev–Trinajstić information content (AvgIpc) is 3.38. The van der Waals surface area contributed by atoms with Crippen molar-refractivity contribution < 1.29 is 13.9 Å². The highest BCUT2D eigenvalue weighted by molar-refractivity contribution is 6.30. The molecular weight excluding hydrogens is 443 g/mol. The fourth-order valence-electron chi connectivity index (χ4n) is 4.77. The molecule has 2 N–H and O–H groups in total. The van der Waals surface area contributed by atoms with Gasteiger partial charge < -0.3 is 14.6 Å². The Hall–Kier alpha value is -3.16. The molecule has 2 aliphatic heterocycles. The highest BCUT2D eigenvalue weighted by Gasteiger charge is 2.30. The molecule has 4 aromatic rings. The Morgan fingerprint density at radius 2 is 2.15 bits per heavy atom. The number of nitrogens with one attached hydrogen (secondary N) is 2. The van der Waals surface area contributed by atoms with Gasteiger partial charge in [-0.1, -0.05) is 23.7 Å². The van der Waals surface area contributed by atoms with E-state index < -0.39 is 5.95 Å². The summed E-state index contributed by atoms with van der Waals surface area (Å²) in [5.74, 6) is 0.0748. The van der Waals surface area contributed by atoms with Gasteiger partial charge in [0.15, 0.2) is 5.78 Å². The largest absolute Gasteiger partial charge is 0.493 e. The van der Waals surface area contributed by atoms with Crippen LogP contribution in [0.2, 0.25) is 5.02 Å². The van der Waals surface area contributed by atoms with E-state index in [4.69, 9.17) is 16.3 Å². The summed E-state index contributed by atoms with van der Waals surface area (Å²) in [5, 5.41) is 11.1. The molecule has 6 nitrogen and oxygen atoms in total. The molecule has 1 saturated heterocycles. The van der Waals surface area contributed by atoms with Crippen molar-refractivity contribution in [2.45, 2.75) is 25.4 Å². The van der Waals surface area contributed by atoms with E-state index in [0.717, 1.165) is 47.3 Å². The van der Waals surface area contributed by atoms with Gasteiger partial charge in [-0.25, -0.2) is 0 Å². The molecule has 6 rings (SSSR count). The number of hydrogen-bond donors (Lipinski definition) is 2. The number of aromatic nitrogens is 3. The van der Waals surface area contributed by atoms with E-state index in [1.165, 1.54) is 6.20 Å². The Kier molecular flexibility index (Phi) is 4.96. The topological polar surface area (TPSA) is 71.9 Å². The van der Waals surface area contributed by atoms with Gasteiger partial charge in [-0.3, -0.25) is 9.89 Å². The number of ether oxygens (including phenoxy) is 1. The van der Waals surface area contributed by atoms with Gasteiger partial charge in [0.2, 0.25) is 5.95 Å². The smallest absolute Gasteiger partial charge is 0.216 e. The summed E-state index contributed by atoms with van der Waals surface area (Å²) in [6, 6.07) is 11.6. The van der Waals surface area contributed by atoms with Gasteiger partial charge in [0.1, 0.15) is 5.75 Å². The fraction of sp³-hybridized carbons (Fsp3) is 0.280. The number of benzene rings is 2. The van der Waals surface area contributed by atoms with Gasteiger partial charge >= 0.3 is 0 Å². The van der Waals surface area contributed by atoms with Crippen molar-refractivity contribution in [3.63, 3.8) is 0 Å². The van der Waals surface area contributed by atoms with Crippen molar-refractivity contribution >= 4 is 28.3 Å². The van der Waals surface area contributed by atoms with E-state index >= 15 is 0 Å². The third-order valence-electron chi connectivity index (χ3n) is 6.69. The number of fused-ring (bicyclic) bond motifs is 2. The molecule has 2 aromatic carbocycles. The molecule has 0 aliphatic carbocycles. The number of rotatable bonds is 5. The molecule has 1 fully saturated rings. The Labute approximate surface area is 194 Å². The van der Waals surface area contributed by atoms with Crippen molar-refractivity contribution in [2.24, 2.45) is 5.92 Å². The van der Waals surface area contributed by atoms with E-state index in [1.54, 1.807) is 6.07 Å². The van der Waals surface area contributed by atoms with Gasteiger partial charge in [-0.15, -0.1) is 0 Å². The first-order valence-electron chi connectivity index (χ1n) is 11.1. The molecule has 0 bridgehead atoms. The van der Waals surface area contributed by atoms with E-state index in [9.17, 15) is 9.18 Å². The zero-order valence-corrected chi connectivity index (χ0v) is 18.5. The third-order valence-corrected chi connectivity index (χ3v) is 6.93. The lowest BCUT2D eigenvalue weighted by atomic mass is 9.89. The number of carbonyl (C=O) groups excluding carboxylic acids is 1. The normalized spacial score (nSPS) is 19.7. The second-order valence-electron chi connectivity index (χ2n) is 8.79. The molecule has 0 amide bonds. The van der Waals surface area contributed by atoms with Crippen LogP contribution in [-0.4, -0.2) is 39.7 Å². The highest BCUT2D eigenvalue weighted by Crippen LogP contribution is 2.34. The summed E-state index contributed by atoms with van der Waals surface area (Å²) in [6.45, 7) is 2.09. The van der Waals surface area contributed by atoms with Gasteiger partial charge in [-0.2, -0.15) is 9.49 Å². The number of nitrogens with zero attached hydrogens (tertiary/aromatic N) is 2. The van der Waals surface area contributed by atoms with Crippen LogP contribution < -0.4 is 10.1 Å². The lowest BCUT2D eigenvalue weighted by Crippen LogP contribution is -2.45. The predicted octanol–water partition coefficient (Wildman–Crippen LogP) is 4.62. The first-order chi connectivity index (χ1) is 16.1. The summed E-state index contributed by atoms with van der Waals surface area (Å²) < 4.78 is 22.1.